The summed E-state index contributed by atoms with van der Waals surface area (Å²) in [4.78, 5) is 14.0. The summed E-state index contributed by atoms with van der Waals surface area (Å²) in [5.41, 5.74) is 2.12. The van der Waals surface area contributed by atoms with Gasteiger partial charge in [-0.2, -0.15) is 0 Å². The number of piperidine rings is 1. The van der Waals surface area contributed by atoms with Gasteiger partial charge in [-0.1, -0.05) is 0 Å². The minimum Gasteiger partial charge on any atom is -0.410 e. The van der Waals surface area contributed by atoms with Crippen LogP contribution in [0.3, 0.4) is 0 Å². The molecule has 0 spiro atoms. The van der Waals surface area contributed by atoms with Crippen LogP contribution in [0.15, 0.2) is 18.2 Å². The molecule has 1 aliphatic rings. The predicted octanol–water partition coefficient (Wildman–Crippen LogP) is 3.18. The smallest absolute Gasteiger partial charge is 0.410 e. The van der Waals surface area contributed by atoms with Crippen LogP contribution in [0.5, 0.6) is 5.75 Å². The van der Waals surface area contributed by atoms with Gasteiger partial charge < -0.3 is 9.64 Å². The standard InChI is InChI=1S/C16H25N2O2/c1-13-8-9-14(18(2,3)4)12-15(13)20-16(19)17-10-6-5-7-11-17/h8-9,12H,5-7,10-11H2,1-4H3/q+1. The number of rotatable bonds is 2. The van der Waals surface area contributed by atoms with Gasteiger partial charge in [0.15, 0.2) is 0 Å². The summed E-state index contributed by atoms with van der Waals surface area (Å²) in [6, 6.07) is 6.06. The Morgan fingerprint density at radius 1 is 1.15 bits per heavy atom. The third-order valence-corrected chi connectivity index (χ3v) is 3.76. The second kappa shape index (κ2) is 5.83. The van der Waals surface area contributed by atoms with E-state index in [1.807, 2.05) is 24.0 Å². The molecule has 0 bridgehead atoms. The number of ether oxygens (including phenoxy) is 1. The van der Waals surface area contributed by atoms with E-state index in [4.69, 9.17) is 4.74 Å². The van der Waals surface area contributed by atoms with E-state index in [2.05, 4.69) is 27.2 Å². The summed E-state index contributed by atoms with van der Waals surface area (Å²) in [7, 11) is 6.29. The Morgan fingerprint density at radius 2 is 1.80 bits per heavy atom. The van der Waals surface area contributed by atoms with E-state index in [0.29, 0.717) is 10.2 Å². The number of carbonyl (C=O) groups excluding carboxylic acids is 1. The summed E-state index contributed by atoms with van der Waals surface area (Å²) >= 11 is 0. The zero-order valence-electron chi connectivity index (χ0n) is 13.0. The van der Waals surface area contributed by atoms with E-state index >= 15 is 0 Å². The van der Waals surface area contributed by atoms with Crippen LogP contribution in [0.4, 0.5) is 10.5 Å². The van der Waals surface area contributed by atoms with Crippen LogP contribution in [-0.2, 0) is 0 Å². The van der Waals surface area contributed by atoms with E-state index in [1.165, 1.54) is 6.42 Å². The van der Waals surface area contributed by atoms with Gasteiger partial charge in [0.2, 0.25) is 0 Å². The van der Waals surface area contributed by atoms with E-state index in [0.717, 1.165) is 37.2 Å². The van der Waals surface area contributed by atoms with Gasteiger partial charge in [-0.25, -0.2) is 4.79 Å². The first kappa shape index (κ1) is 14.9. The fraction of sp³-hybridized carbons (Fsp3) is 0.562. The number of hydrogen-bond acceptors (Lipinski definition) is 2. The molecule has 4 nitrogen and oxygen atoms in total. The van der Waals surface area contributed by atoms with Crippen LogP contribution < -0.4 is 9.22 Å². The average molecular weight is 277 g/mol. The Hall–Kier alpha value is -1.55. The zero-order valence-corrected chi connectivity index (χ0v) is 13.0. The third kappa shape index (κ3) is 3.51. The average Bonchev–Trinajstić information content (AvgIpc) is 2.41. The Bertz CT molecular complexity index is 486. The van der Waals surface area contributed by atoms with Crippen molar-refractivity contribution in [3.63, 3.8) is 0 Å². The SMILES string of the molecule is Cc1ccc([N+](C)(C)C)cc1OC(=O)N1CCCCC1. The molecule has 0 aromatic heterocycles. The molecule has 0 N–H and O–H groups in total. The van der Waals surface area contributed by atoms with Gasteiger partial charge in [0.05, 0.1) is 21.1 Å². The van der Waals surface area contributed by atoms with Crippen molar-refractivity contribution in [1.29, 1.82) is 0 Å². The zero-order chi connectivity index (χ0) is 14.8. The van der Waals surface area contributed by atoms with Crippen LogP contribution in [0.1, 0.15) is 24.8 Å². The molecule has 1 saturated heterocycles. The first-order valence-corrected chi connectivity index (χ1v) is 7.27. The molecule has 0 saturated carbocycles. The molecule has 1 fully saturated rings. The number of nitrogens with zero attached hydrogens (tertiary/aromatic N) is 2. The first-order valence-electron chi connectivity index (χ1n) is 7.27. The molecule has 0 atom stereocenters. The second-order valence-corrected chi connectivity index (χ2v) is 6.38. The Morgan fingerprint density at radius 3 is 2.40 bits per heavy atom. The lowest BCUT2D eigenvalue weighted by atomic mass is 10.1. The fourth-order valence-corrected chi connectivity index (χ4v) is 2.35. The van der Waals surface area contributed by atoms with E-state index in [1.54, 1.807) is 0 Å². The first-order chi connectivity index (χ1) is 9.38. The van der Waals surface area contributed by atoms with Crippen molar-refractivity contribution in [1.82, 2.24) is 9.38 Å². The molecule has 0 radical (unpaired) electrons. The minimum atomic E-state index is -0.216. The quantitative estimate of drug-likeness (QED) is 0.777. The van der Waals surface area contributed by atoms with Crippen molar-refractivity contribution >= 4 is 11.8 Å². The number of amides is 1. The van der Waals surface area contributed by atoms with Gasteiger partial charge in [-0.05, 0) is 43.9 Å². The third-order valence-electron chi connectivity index (χ3n) is 3.76. The Kier molecular flexibility index (Phi) is 4.33. The Balaban J connectivity index is 2.13. The van der Waals surface area contributed by atoms with Gasteiger partial charge in [0.25, 0.3) is 0 Å². The number of hydrogen-bond donors (Lipinski definition) is 0. The van der Waals surface area contributed by atoms with Gasteiger partial charge in [-0.15, -0.1) is 0 Å². The maximum absolute atomic E-state index is 12.2. The second-order valence-electron chi connectivity index (χ2n) is 6.38. The number of likely N-dealkylation sites (tertiary alicyclic amines) is 1. The van der Waals surface area contributed by atoms with Crippen molar-refractivity contribution in [2.75, 3.05) is 34.2 Å². The number of benzene rings is 1. The normalized spacial score (nSPS) is 16.1. The van der Waals surface area contributed by atoms with Crippen LogP contribution in [0.2, 0.25) is 0 Å². The highest BCUT2D eigenvalue weighted by atomic mass is 16.6. The largest absolute Gasteiger partial charge is 0.415 e. The molecule has 0 aliphatic carbocycles. The van der Waals surface area contributed by atoms with Crippen LogP contribution in [0, 0.1) is 6.92 Å². The molecule has 1 aromatic carbocycles. The minimum absolute atomic E-state index is 0.216. The van der Waals surface area contributed by atoms with Crippen LogP contribution in [-0.4, -0.2) is 45.2 Å². The maximum atomic E-state index is 12.2. The number of quaternary nitrogens is 1. The van der Waals surface area contributed by atoms with Gasteiger partial charge in [-0.3, -0.25) is 4.48 Å². The van der Waals surface area contributed by atoms with Gasteiger partial charge in [0, 0.05) is 19.2 Å². The molecule has 110 valence electrons. The van der Waals surface area contributed by atoms with Gasteiger partial charge in [0.1, 0.15) is 11.4 Å². The van der Waals surface area contributed by atoms with Crippen molar-refractivity contribution < 1.29 is 9.53 Å². The predicted molar refractivity (Wildman–Crippen MR) is 82.2 cm³/mol. The van der Waals surface area contributed by atoms with E-state index in [-0.39, 0.29) is 6.09 Å². The highest BCUT2D eigenvalue weighted by Gasteiger charge is 2.21. The summed E-state index contributed by atoms with van der Waals surface area (Å²) in [6.45, 7) is 3.60. The summed E-state index contributed by atoms with van der Waals surface area (Å²) in [6.07, 6.45) is 3.14. The highest BCUT2D eigenvalue weighted by molar-refractivity contribution is 5.72. The monoisotopic (exact) mass is 277 g/mol. The molecular weight excluding hydrogens is 252 g/mol. The fourth-order valence-electron chi connectivity index (χ4n) is 2.35. The molecule has 0 unspecified atom stereocenters. The lowest BCUT2D eigenvalue weighted by Gasteiger charge is -2.27. The molecule has 20 heavy (non-hydrogen) atoms. The molecule has 2 rings (SSSR count). The van der Waals surface area contributed by atoms with E-state index < -0.39 is 0 Å². The lowest BCUT2D eigenvalue weighted by molar-refractivity contribution is 0.142. The summed E-state index contributed by atoms with van der Waals surface area (Å²) in [5.74, 6) is 0.672. The molecule has 1 amide bonds. The summed E-state index contributed by atoms with van der Waals surface area (Å²) in [5, 5.41) is 0. The number of aryl methyl sites for hydroxylation is 1. The van der Waals surface area contributed by atoms with Crippen molar-refractivity contribution in [2.24, 2.45) is 0 Å². The van der Waals surface area contributed by atoms with Crippen LogP contribution >= 0.6 is 0 Å². The molecule has 1 heterocycles. The highest BCUT2D eigenvalue weighted by Crippen LogP contribution is 2.27. The molecular formula is C16H25N2O2+. The number of carbonyl (C=O) groups is 1. The van der Waals surface area contributed by atoms with Crippen molar-refractivity contribution in [2.45, 2.75) is 26.2 Å². The maximum Gasteiger partial charge on any atom is 0.415 e. The Labute approximate surface area is 121 Å². The van der Waals surface area contributed by atoms with E-state index in [9.17, 15) is 4.79 Å². The van der Waals surface area contributed by atoms with Crippen molar-refractivity contribution in [3.8, 4) is 5.75 Å². The summed E-state index contributed by atoms with van der Waals surface area (Å²) < 4.78 is 6.30. The molecule has 1 aromatic rings. The van der Waals surface area contributed by atoms with Crippen LogP contribution in [0.25, 0.3) is 0 Å². The van der Waals surface area contributed by atoms with Crippen molar-refractivity contribution in [3.05, 3.63) is 23.8 Å². The topological polar surface area (TPSA) is 29.5 Å². The lowest BCUT2D eigenvalue weighted by Crippen LogP contribution is -2.38. The van der Waals surface area contributed by atoms with Gasteiger partial charge >= 0.3 is 6.09 Å². The molecule has 4 heteroatoms. The molecule has 1 aliphatic heterocycles.